The van der Waals surface area contributed by atoms with Crippen LogP contribution in [-0.4, -0.2) is 50.4 Å². The van der Waals surface area contributed by atoms with E-state index < -0.39 is 21.9 Å². The third kappa shape index (κ3) is 6.89. The van der Waals surface area contributed by atoms with E-state index in [1.165, 1.54) is 30.6 Å². The zero-order valence-corrected chi connectivity index (χ0v) is 20.2. The minimum atomic E-state index is -3.89. The third-order valence-electron chi connectivity index (χ3n) is 4.68. The molecule has 0 saturated carbocycles. The van der Waals surface area contributed by atoms with Crippen molar-refractivity contribution in [1.82, 2.24) is 10.0 Å². The fourth-order valence-corrected chi connectivity index (χ4v) is 4.95. The highest BCUT2D eigenvalue weighted by Crippen LogP contribution is 2.31. The standard InChI is InChI=1S/C21H28N2O7S2/c1-21(2,3)29-20(24)30-23-11-9-15(10-12-23)19-22-16(14-31-19)13-28-32(25,26)18-7-5-17(27-4)6-8-18/h5-8,14-15H,9-13H2,1-4H3. The minimum absolute atomic E-state index is 0.0612. The molecular weight excluding hydrogens is 456 g/mol. The molecule has 11 heteroatoms. The Bertz CT molecular complexity index is 1010. The van der Waals surface area contributed by atoms with E-state index in [2.05, 4.69) is 4.98 Å². The van der Waals surface area contributed by atoms with Gasteiger partial charge in [0.2, 0.25) is 0 Å². The smallest absolute Gasteiger partial charge is 0.497 e. The predicted octanol–water partition coefficient (Wildman–Crippen LogP) is 4.10. The Morgan fingerprint density at radius 3 is 2.44 bits per heavy atom. The number of hydroxylamine groups is 2. The van der Waals surface area contributed by atoms with Crippen LogP contribution in [0, 0.1) is 0 Å². The number of hydrogen-bond acceptors (Lipinski definition) is 10. The van der Waals surface area contributed by atoms with Gasteiger partial charge in [0, 0.05) is 24.4 Å². The molecule has 1 aliphatic heterocycles. The highest BCUT2D eigenvalue weighted by molar-refractivity contribution is 7.86. The number of carbonyl (C=O) groups excluding carboxylic acids is 1. The molecule has 1 fully saturated rings. The molecule has 1 aromatic heterocycles. The van der Waals surface area contributed by atoms with Crippen molar-refractivity contribution in [2.45, 2.75) is 56.6 Å². The first-order valence-electron chi connectivity index (χ1n) is 10.2. The summed E-state index contributed by atoms with van der Waals surface area (Å²) < 4.78 is 40.1. The highest BCUT2D eigenvalue weighted by Gasteiger charge is 2.27. The molecule has 1 saturated heterocycles. The average Bonchev–Trinajstić information content (AvgIpc) is 3.21. The summed E-state index contributed by atoms with van der Waals surface area (Å²) in [6.07, 6.45) is 0.823. The van der Waals surface area contributed by atoms with E-state index in [1.54, 1.807) is 38.0 Å². The molecule has 0 atom stereocenters. The fourth-order valence-electron chi connectivity index (χ4n) is 3.09. The van der Waals surface area contributed by atoms with E-state index in [4.69, 9.17) is 18.5 Å². The maximum atomic E-state index is 12.4. The number of aromatic nitrogens is 1. The van der Waals surface area contributed by atoms with Crippen LogP contribution in [0.2, 0.25) is 0 Å². The molecule has 2 heterocycles. The summed E-state index contributed by atoms with van der Waals surface area (Å²) >= 11 is 1.48. The molecule has 1 aromatic carbocycles. The maximum absolute atomic E-state index is 12.4. The Hall–Kier alpha value is -2.21. The van der Waals surface area contributed by atoms with Crippen LogP contribution in [0.15, 0.2) is 34.5 Å². The van der Waals surface area contributed by atoms with Gasteiger partial charge in [-0.15, -0.1) is 16.4 Å². The molecule has 0 spiro atoms. The topological polar surface area (TPSA) is 104 Å². The van der Waals surface area contributed by atoms with Gasteiger partial charge >= 0.3 is 6.16 Å². The van der Waals surface area contributed by atoms with E-state index in [9.17, 15) is 13.2 Å². The van der Waals surface area contributed by atoms with Gasteiger partial charge in [-0.2, -0.15) is 8.42 Å². The highest BCUT2D eigenvalue weighted by atomic mass is 32.2. The van der Waals surface area contributed by atoms with Gasteiger partial charge in [-0.1, -0.05) is 0 Å². The Morgan fingerprint density at radius 2 is 1.84 bits per heavy atom. The summed E-state index contributed by atoms with van der Waals surface area (Å²) in [4.78, 5) is 21.7. The van der Waals surface area contributed by atoms with E-state index in [-0.39, 0.29) is 17.4 Å². The molecule has 0 radical (unpaired) electrons. The lowest BCUT2D eigenvalue weighted by Crippen LogP contribution is -2.37. The molecule has 0 bridgehead atoms. The normalized spacial score (nSPS) is 16.0. The number of piperidine rings is 1. The zero-order chi connectivity index (χ0) is 23.4. The van der Waals surface area contributed by atoms with Gasteiger partial charge in [0.25, 0.3) is 10.1 Å². The Labute approximate surface area is 192 Å². The van der Waals surface area contributed by atoms with Crippen molar-refractivity contribution in [3.63, 3.8) is 0 Å². The first-order chi connectivity index (χ1) is 15.1. The quantitative estimate of drug-likeness (QED) is 0.424. The number of rotatable bonds is 7. The number of thiazole rings is 1. The van der Waals surface area contributed by atoms with Crippen LogP contribution in [0.25, 0.3) is 0 Å². The SMILES string of the molecule is COc1ccc(S(=O)(=O)OCc2csc(C3CCN(OC(=O)OC(C)(C)C)CC3)n2)cc1. The molecule has 0 amide bonds. The molecule has 3 rings (SSSR count). The molecular formula is C21H28N2O7S2. The fraction of sp³-hybridized carbons (Fsp3) is 0.524. The van der Waals surface area contributed by atoms with E-state index in [0.29, 0.717) is 24.5 Å². The van der Waals surface area contributed by atoms with E-state index in [1.807, 2.05) is 5.38 Å². The van der Waals surface area contributed by atoms with Gasteiger partial charge in [-0.05, 0) is 57.9 Å². The second-order valence-electron chi connectivity index (χ2n) is 8.33. The van der Waals surface area contributed by atoms with E-state index >= 15 is 0 Å². The van der Waals surface area contributed by atoms with Gasteiger partial charge in [0.15, 0.2) is 0 Å². The molecule has 1 aliphatic rings. The van der Waals surface area contributed by atoms with Crippen molar-refractivity contribution >= 4 is 27.6 Å². The molecule has 9 nitrogen and oxygen atoms in total. The van der Waals surface area contributed by atoms with Gasteiger partial charge in [-0.25, -0.2) is 9.78 Å². The predicted molar refractivity (Wildman–Crippen MR) is 118 cm³/mol. The molecule has 2 aromatic rings. The van der Waals surface area contributed by atoms with Crippen LogP contribution in [-0.2, 0) is 30.5 Å². The summed E-state index contributed by atoms with van der Waals surface area (Å²) in [5.41, 5.74) is -0.0372. The largest absolute Gasteiger partial charge is 0.528 e. The number of carbonyl (C=O) groups is 1. The second-order valence-corrected chi connectivity index (χ2v) is 10.8. The molecule has 32 heavy (non-hydrogen) atoms. The molecule has 0 unspecified atom stereocenters. The monoisotopic (exact) mass is 484 g/mol. The van der Waals surface area contributed by atoms with Crippen molar-refractivity contribution in [3.05, 3.63) is 40.3 Å². The number of methoxy groups -OCH3 is 1. The summed E-state index contributed by atoms with van der Waals surface area (Å²) in [6.45, 7) is 6.36. The van der Waals surface area contributed by atoms with Crippen molar-refractivity contribution in [3.8, 4) is 5.75 Å². The lowest BCUT2D eigenvalue weighted by atomic mass is 9.99. The maximum Gasteiger partial charge on any atom is 0.528 e. The van der Waals surface area contributed by atoms with Gasteiger partial charge in [0.1, 0.15) is 18.0 Å². The van der Waals surface area contributed by atoms with Crippen molar-refractivity contribution in [2.75, 3.05) is 20.2 Å². The molecule has 0 aliphatic carbocycles. The van der Waals surface area contributed by atoms with E-state index in [0.717, 1.165) is 17.8 Å². The van der Waals surface area contributed by atoms with Crippen molar-refractivity contribution < 1.29 is 31.7 Å². The first-order valence-corrected chi connectivity index (χ1v) is 12.5. The molecule has 0 N–H and O–H groups in total. The molecule has 176 valence electrons. The third-order valence-corrected chi connectivity index (χ3v) is 7.01. The first kappa shape index (κ1) is 24.4. The Morgan fingerprint density at radius 1 is 1.19 bits per heavy atom. The number of nitrogens with zero attached hydrogens (tertiary/aromatic N) is 2. The van der Waals surface area contributed by atoms with Crippen LogP contribution in [0.3, 0.4) is 0 Å². The zero-order valence-electron chi connectivity index (χ0n) is 18.6. The van der Waals surface area contributed by atoms with Gasteiger partial charge in [-0.3, -0.25) is 4.18 Å². The number of ether oxygens (including phenoxy) is 2. The van der Waals surface area contributed by atoms with Crippen LogP contribution in [0.4, 0.5) is 4.79 Å². The summed E-state index contributed by atoms with van der Waals surface area (Å²) in [5, 5.41) is 4.33. The van der Waals surface area contributed by atoms with Gasteiger partial charge < -0.3 is 14.3 Å². The van der Waals surface area contributed by atoms with Crippen LogP contribution >= 0.6 is 11.3 Å². The minimum Gasteiger partial charge on any atom is -0.497 e. The van der Waals surface area contributed by atoms with Crippen LogP contribution in [0.5, 0.6) is 5.75 Å². The Kier molecular flexibility index (Phi) is 7.75. The lowest BCUT2D eigenvalue weighted by Gasteiger charge is -2.30. The summed E-state index contributed by atoms with van der Waals surface area (Å²) in [6, 6.07) is 6.01. The average molecular weight is 485 g/mol. The van der Waals surface area contributed by atoms with Crippen LogP contribution < -0.4 is 4.74 Å². The lowest BCUT2D eigenvalue weighted by molar-refractivity contribution is -0.152. The van der Waals surface area contributed by atoms with Gasteiger partial charge in [0.05, 0.1) is 22.7 Å². The van der Waals surface area contributed by atoms with Crippen LogP contribution in [0.1, 0.15) is 50.2 Å². The second kappa shape index (κ2) is 10.2. The number of hydrogen-bond donors (Lipinski definition) is 0. The summed E-state index contributed by atoms with van der Waals surface area (Å²) in [7, 11) is -2.38. The summed E-state index contributed by atoms with van der Waals surface area (Å²) in [5.74, 6) is 0.779. The van der Waals surface area contributed by atoms with Crippen molar-refractivity contribution in [2.24, 2.45) is 0 Å². The Balaban J connectivity index is 1.49. The number of benzene rings is 1. The van der Waals surface area contributed by atoms with Crippen molar-refractivity contribution in [1.29, 1.82) is 0 Å².